The number of allylic oxidation sites excluding steroid dienone is 1. The van der Waals surface area contributed by atoms with Gasteiger partial charge in [-0.2, -0.15) is 0 Å². The molecule has 2 fully saturated rings. The second-order valence-corrected chi connectivity index (χ2v) is 5.59. The Labute approximate surface area is 103 Å². The molecule has 96 valence electrons. The van der Waals surface area contributed by atoms with E-state index in [9.17, 15) is 5.11 Å². The molecule has 3 rings (SSSR count). The van der Waals surface area contributed by atoms with Crippen LogP contribution in [0, 0.1) is 5.41 Å². The molecule has 2 spiro atoms. The first-order chi connectivity index (χ1) is 8.29. The molecule has 3 nitrogen and oxygen atoms in total. The van der Waals surface area contributed by atoms with Gasteiger partial charge in [-0.1, -0.05) is 25.0 Å². The molecule has 1 saturated carbocycles. The molecule has 1 N–H and O–H groups in total. The van der Waals surface area contributed by atoms with Gasteiger partial charge in [0.05, 0.1) is 24.7 Å². The summed E-state index contributed by atoms with van der Waals surface area (Å²) in [6, 6.07) is 0. The highest BCUT2D eigenvalue weighted by molar-refractivity contribution is 5.10. The van der Waals surface area contributed by atoms with Crippen molar-refractivity contribution in [3.8, 4) is 0 Å². The third kappa shape index (κ3) is 1.67. The highest BCUT2D eigenvalue weighted by atomic mass is 16.7. The standard InChI is InChI=1S/C14H22O3/c15-12-6-2-5-8-13(12)7-3-1-4-9-14(13)16-10-11-17-14/h2,5,12,15H,1,3-4,6-11H2/t12-,13-/m0/s1. The fraction of sp³-hybridized carbons (Fsp3) is 0.857. The number of aliphatic hydroxyl groups is 1. The van der Waals surface area contributed by atoms with Crippen molar-refractivity contribution in [2.75, 3.05) is 13.2 Å². The average Bonchev–Trinajstić information content (AvgIpc) is 2.73. The Kier molecular flexibility index (Phi) is 3.01. The SMILES string of the molecule is O[C@H]1CC=CC[C@@]12CCCCCC21OCCO1. The van der Waals surface area contributed by atoms with Crippen LogP contribution in [0.3, 0.4) is 0 Å². The molecule has 0 aromatic carbocycles. The molecular formula is C14H22O3. The number of rotatable bonds is 0. The minimum atomic E-state index is -0.506. The van der Waals surface area contributed by atoms with Crippen LogP contribution in [0.15, 0.2) is 12.2 Å². The van der Waals surface area contributed by atoms with Crippen LogP contribution >= 0.6 is 0 Å². The lowest BCUT2D eigenvalue weighted by Gasteiger charge is -2.49. The molecule has 2 atom stereocenters. The molecule has 0 aromatic rings. The van der Waals surface area contributed by atoms with Crippen molar-refractivity contribution in [2.45, 2.75) is 56.8 Å². The first-order valence-corrected chi connectivity index (χ1v) is 6.90. The molecule has 1 heterocycles. The van der Waals surface area contributed by atoms with E-state index >= 15 is 0 Å². The summed E-state index contributed by atoms with van der Waals surface area (Å²) in [5.74, 6) is -0.506. The lowest BCUT2D eigenvalue weighted by molar-refractivity contribution is -0.268. The van der Waals surface area contributed by atoms with E-state index in [2.05, 4.69) is 12.2 Å². The summed E-state index contributed by atoms with van der Waals surface area (Å²) in [5.41, 5.74) is -0.200. The number of ether oxygens (including phenoxy) is 2. The van der Waals surface area contributed by atoms with E-state index in [0.29, 0.717) is 13.2 Å². The molecule has 0 unspecified atom stereocenters. The lowest BCUT2D eigenvalue weighted by atomic mass is 9.65. The minimum Gasteiger partial charge on any atom is -0.392 e. The zero-order valence-electron chi connectivity index (χ0n) is 10.4. The quantitative estimate of drug-likeness (QED) is 0.659. The number of hydrogen-bond acceptors (Lipinski definition) is 3. The highest BCUT2D eigenvalue weighted by Crippen LogP contribution is 2.54. The van der Waals surface area contributed by atoms with Crippen molar-refractivity contribution in [3.63, 3.8) is 0 Å². The van der Waals surface area contributed by atoms with Crippen LogP contribution in [0.25, 0.3) is 0 Å². The Balaban J connectivity index is 1.99. The number of hydrogen-bond donors (Lipinski definition) is 1. The fourth-order valence-electron chi connectivity index (χ4n) is 3.86. The molecule has 1 saturated heterocycles. The predicted molar refractivity (Wildman–Crippen MR) is 64.5 cm³/mol. The summed E-state index contributed by atoms with van der Waals surface area (Å²) in [7, 11) is 0. The van der Waals surface area contributed by atoms with E-state index in [4.69, 9.17) is 9.47 Å². The summed E-state index contributed by atoms with van der Waals surface area (Å²) < 4.78 is 12.0. The van der Waals surface area contributed by atoms with Crippen LogP contribution in [0.1, 0.15) is 44.9 Å². The Bertz CT molecular complexity index is 307. The van der Waals surface area contributed by atoms with Gasteiger partial charge in [-0.15, -0.1) is 0 Å². The van der Waals surface area contributed by atoms with Gasteiger partial charge in [-0.3, -0.25) is 0 Å². The van der Waals surface area contributed by atoms with Gasteiger partial charge in [-0.05, 0) is 25.7 Å². The minimum absolute atomic E-state index is 0.200. The summed E-state index contributed by atoms with van der Waals surface area (Å²) in [4.78, 5) is 0. The first-order valence-electron chi connectivity index (χ1n) is 6.90. The summed E-state index contributed by atoms with van der Waals surface area (Å²) in [6.45, 7) is 1.36. The normalized spacial score (nSPS) is 40.9. The molecule has 3 heteroatoms. The summed E-state index contributed by atoms with van der Waals surface area (Å²) in [5, 5.41) is 10.5. The molecule has 2 aliphatic carbocycles. The smallest absolute Gasteiger partial charge is 0.176 e. The Morgan fingerprint density at radius 3 is 2.53 bits per heavy atom. The molecule has 0 aromatic heterocycles. The zero-order valence-corrected chi connectivity index (χ0v) is 10.4. The van der Waals surface area contributed by atoms with Crippen molar-refractivity contribution >= 4 is 0 Å². The Morgan fingerprint density at radius 2 is 1.76 bits per heavy atom. The van der Waals surface area contributed by atoms with Gasteiger partial charge in [0.15, 0.2) is 5.79 Å². The van der Waals surface area contributed by atoms with Crippen molar-refractivity contribution < 1.29 is 14.6 Å². The third-order valence-corrected chi connectivity index (χ3v) is 4.79. The number of fused-ring (bicyclic) bond motifs is 1. The maximum Gasteiger partial charge on any atom is 0.176 e. The second kappa shape index (κ2) is 4.38. The van der Waals surface area contributed by atoms with Crippen molar-refractivity contribution in [3.05, 3.63) is 12.2 Å². The van der Waals surface area contributed by atoms with Gasteiger partial charge in [0.1, 0.15) is 0 Å². The van der Waals surface area contributed by atoms with Gasteiger partial charge < -0.3 is 14.6 Å². The van der Waals surface area contributed by atoms with Gasteiger partial charge in [0.25, 0.3) is 0 Å². The molecule has 1 aliphatic heterocycles. The van der Waals surface area contributed by atoms with Crippen molar-refractivity contribution in [1.29, 1.82) is 0 Å². The Morgan fingerprint density at radius 1 is 1.00 bits per heavy atom. The topological polar surface area (TPSA) is 38.7 Å². The fourth-order valence-corrected chi connectivity index (χ4v) is 3.86. The van der Waals surface area contributed by atoms with E-state index < -0.39 is 5.79 Å². The van der Waals surface area contributed by atoms with Crippen LogP contribution in [0.5, 0.6) is 0 Å². The van der Waals surface area contributed by atoms with Gasteiger partial charge >= 0.3 is 0 Å². The van der Waals surface area contributed by atoms with E-state index in [1.807, 2.05) is 0 Å². The van der Waals surface area contributed by atoms with Crippen LogP contribution in [0.4, 0.5) is 0 Å². The number of aliphatic hydroxyl groups excluding tert-OH is 1. The second-order valence-electron chi connectivity index (χ2n) is 5.59. The summed E-state index contributed by atoms with van der Waals surface area (Å²) in [6.07, 6.45) is 11.1. The van der Waals surface area contributed by atoms with Crippen molar-refractivity contribution in [2.24, 2.45) is 5.41 Å². The average molecular weight is 238 g/mol. The van der Waals surface area contributed by atoms with Crippen molar-refractivity contribution in [1.82, 2.24) is 0 Å². The largest absolute Gasteiger partial charge is 0.392 e. The monoisotopic (exact) mass is 238 g/mol. The van der Waals surface area contributed by atoms with E-state index in [-0.39, 0.29) is 11.5 Å². The zero-order chi connectivity index (χ0) is 11.8. The van der Waals surface area contributed by atoms with Gasteiger partial charge in [0, 0.05) is 6.42 Å². The van der Waals surface area contributed by atoms with Crippen LogP contribution in [-0.4, -0.2) is 30.2 Å². The Hall–Kier alpha value is -0.380. The van der Waals surface area contributed by atoms with Crippen LogP contribution < -0.4 is 0 Å². The maximum atomic E-state index is 10.5. The van der Waals surface area contributed by atoms with Crippen LogP contribution in [0.2, 0.25) is 0 Å². The van der Waals surface area contributed by atoms with Crippen LogP contribution in [-0.2, 0) is 9.47 Å². The van der Waals surface area contributed by atoms with E-state index in [0.717, 1.165) is 32.1 Å². The lowest BCUT2D eigenvalue weighted by Crippen LogP contribution is -2.56. The van der Waals surface area contributed by atoms with E-state index in [1.54, 1.807) is 0 Å². The maximum absolute atomic E-state index is 10.5. The van der Waals surface area contributed by atoms with Gasteiger partial charge in [-0.25, -0.2) is 0 Å². The third-order valence-electron chi connectivity index (χ3n) is 4.79. The van der Waals surface area contributed by atoms with E-state index in [1.165, 1.54) is 12.8 Å². The molecule has 0 amide bonds. The molecule has 3 aliphatic rings. The molecule has 0 radical (unpaired) electrons. The molecule has 0 bridgehead atoms. The molecule has 17 heavy (non-hydrogen) atoms. The highest BCUT2D eigenvalue weighted by Gasteiger charge is 2.59. The predicted octanol–water partition coefficient (Wildman–Crippen LogP) is 2.39. The first kappa shape index (κ1) is 11.7. The molecular weight excluding hydrogens is 216 g/mol. The van der Waals surface area contributed by atoms with Gasteiger partial charge in [0.2, 0.25) is 0 Å². The summed E-state index contributed by atoms with van der Waals surface area (Å²) >= 11 is 0.